The number of nitrogens with zero attached hydrogens (tertiary/aromatic N) is 1. The lowest BCUT2D eigenvalue weighted by atomic mass is 10.2. The average molecular weight is 302 g/mol. The maximum Gasteiger partial charge on any atom is 0.255 e. The number of aryl methyl sites for hydroxylation is 1. The molecule has 1 heterocycles. The third-order valence-electron chi connectivity index (χ3n) is 3.03. The summed E-state index contributed by atoms with van der Waals surface area (Å²) in [6, 6.07) is 10.7. The SMILES string of the molecule is CCSc1ccccc1NC(=O)c1ccn(CC)c(=O)c1. The Hall–Kier alpha value is -2.01. The zero-order chi connectivity index (χ0) is 15.2. The molecular formula is C16H18N2O2S. The molecule has 2 rings (SSSR count). The molecule has 0 saturated carbocycles. The van der Waals surface area contributed by atoms with Gasteiger partial charge in [-0.05, 0) is 30.9 Å². The van der Waals surface area contributed by atoms with Crippen molar-refractivity contribution >= 4 is 23.4 Å². The number of para-hydroxylation sites is 1. The summed E-state index contributed by atoms with van der Waals surface area (Å²) in [5, 5.41) is 2.87. The van der Waals surface area contributed by atoms with Crippen LogP contribution < -0.4 is 10.9 Å². The number of aromatic nitrogens is 1. The predicted octanol–water partition coefficient (Wildman–Crippen LogP) is 3.23. The van der Waals surface area contributed by atoms with Crippen LogP contribution in [-0.2, 0) is 6.54 Å². The Balaban J connectivity index is 2.22. The number of amides is 1. The monoisotopic (exact) mass is 302 g/mol. The lowest BCUT2D eigenvalue weighted by Crippen LogP contribution is -2.21. The highest BCUT2D eigenvalue weighted by Crippen LogP contribution is 2.26. The molecule has 0 radical (unpaired) electrons. The van der Waals surface area contributed by atoms with Gasteiger partial charge in [0, 0.05) is 29.3 Å². The van der Waals surface area contributed by atoms with Gasteiger partial charge in [0.1, 0.15) is 0 Å². The van der Waals surface area contributed by atoms with Crippen LogP contribution in [0.5, 0.6) is 0 Å². The molecule has 2 aromatic rings. The van der Waals surface area contributed by atoms with Crippen LogP contribution in [0.3, 0.4) is 0 Å². The molecule has 0 aliphatic rings. The highest BCUT2D eigenvalue weighted by Gasteiger charge is 2.10. The largest absolute Gasteiger partial charge is 0.321 e. The van der Waals surface area contributed by atoms with Crippen molar-refractivity contribution in [3.05, 3.63) is 58.5 Å². The molecule has 0 aliphatic carbocycles. The summed E-state index contributed by atoms with van der Waals surface area (Å²) < 4.78 is 1.55. The highest BCUT2D eigenvalue weighted by atomic mass is 32.2. The first-order valence-electron chi connectivity index (χ1n) is 6.89. The van der Waals surface area contributed by atoms with Gasteiger partial charge in [-0.15, -0.1) is 11.8 Å². The van der Waals surface area contributed by atoms with Gasteiger partial charge in [0.25, 0.3) is 11.5 Å². The molecule has 21 heavy (non-hydrogen) atoms. The van der Waals surface area contributed by atoms with Crippen molar-refractivity contribution < 1.29 is 4.79 Å². The van der Waals surface area contributed by atoms with Crippen molar-refractivity contribution in [2.24, 2.45) is 0 Å². The van der Waals surface area contributed by atoms with Crippen molar-refractivity contribution in [1.29, 1.82) is 0 Å². The Morgan fingerprint density at radius 1 is 1.24 bits per heavy atom. The first-order chi connectivity index (χ1) is 10.2. The van der Waals surface area contributed by atoms with Crippen LogP contribution in [0.2, 0.25) is 0 Å². The second kappa shape index (κ2) is 7.13. The molecule has 1 amide bonds. The molecule has 0 atom stereocenters. The Kier molecular flexibility index (Phi) is 5.22. The van der Waals surface area contributed by atoms with E-state index in [2.05, 4.69) is 12.2 Å². The van der Waals surface area contributed by atoms with Crippen molar-refractivity contribution in [2.45, 2.75) is 25.3 Å². The van der Waals surface area contributed by atoms with Gasteiger partial charge < -0.3 is 9.88 Å². The molecule has 0 saturated heterocycles. The van der Waals surface area contributed by atoms with Gasteiger partial charge in [0.15, 0.2) is 0 Å². The fourth-order valence-electron chi connectivity index (χ4n) is 1.96. The van der Waals surface area contributed by atoms with E-state index in [0.29, 0.717) is 12.1 Å². The van der Waals surface area contributed by atoms with Gasteiger partial charge in [-0.25, -0.2) is 0 Å². The summed E-state index contributed by atoms with van der Waals surface area (Å²) in [7, 11) is 0. The number of hydrogen-bond acceptors (Lipinski definition) is 3. The quantitative estimate of drug-likeness (QED) is 0.863. The van der Waals surface area contributed by atoms with Gasteiger partial charge in [-0.3, -0.25) is 9.59 Å². The molecule has 4 nitrogen and oxygen atoms in total. The van der Waals surface area contributed by atoms with Crippen LogP contribution in [0.1, 0.15) is 24.2 Å². The number of pyridine rings is 1. The van der Waals surface area contributed by atoms with Gasteiger partial charge in [-0.2, -0.15) is 0 Å². The lowest BCUT2D eigenvalue weighted by molar-refractivity contribution is 0.102. The molecule has 0 fully saturated rings. The van der Waals surface area contributed by atoms with Crippen LogP contribution in [-0.4, -0.2) is 16.2 Å². The van der Waals surface area contributed by atoms with E-state index in [4.69, 9.17) is 0 Å². The topological polar surface area (TPSA) is 51.1 Å². The minimum atomic E-state index is -0.264. The van der Waals surface area contributed by atoms with Crippen LogP contribution >= 0.6 is 11.8 Å². The van der Waals surface area contributed by atoms with Gasteiger partial charge >= 0.3 is 0 Å². The second-order valence-electron chi connectivity index (χ2n) is 4.42. The summed E-state index contributed by atoms with van der Waals surface area (Å²) in [6.45, 7) is 4.55. The molecule has 0 aliphatic heterocycles. The van der Waals surface area contributed by atoms with E-state index in [1.165, 1.54) is 6.07 Å². The van der Waals surface area contributed by atoms with E-state index in [1.807, 2.05) is 31.2 Å². The van der Waals surface area contributed by atoms with E-state index in [9.17, 15) is 9.59 Å². The summed E-state index contributed by atoms with van der Waals surface area (Å²) in [5.41, 5.74) is 0.983. The molecule has 1 N–H and O–H groups in total. The Bertz CT molecular complexity index is 695. The minimum Gasteiger partial charge on any atom is -0.321 e. The predicted molar refractivity (Wildman–Crippen MR) is 87.2 cm³/mol. The van der Waals surface area contributed by atoms with Gasteiger partial charge in [-0.1, -0.05) is 19.1 Å². The molecule has 0 spiro atoms. The third kappa shape index (κ3) is 3.76. The molecular weight excluding hydrogens is 284 g/mol. The maximum absolute atomic E-state index is 12.3. The molecule has 1 aromatic carbocycles. The van der Waals surface area contributed by atoms with Gasteiger partial charge in [0.2, 0.25) is 0 Å². The molecule has 110 valence electrons. The number of benzene rings is 1. The number of carbonyl (C=O) groups is 1. The van der Waals surface area contributed by atoms with Crippen LogP contribution in [0.4, 0.5) is 5.69 Å². The zero-order valence-electron chi connectivity index (χ0n) is 12.1. The number of rotatable bonds is 5. The number of thioether (sulfide) groups is 1. The third-order valence-corrected chi connectivity index (χ3v) is 3.99. The fraction of sp³-hybridized carbons (Fsp3) is 0.250. The van der Waals surface area contributed by atoms with Crippen molar-refractivity contribution in [2.75, 3.05) is 11.1 Å². The van der Waals surface area contributed by atoms with Crippen LogP contribution in [0.25, 0.3) is 0 Å². The summed E-state index contributed by atoms with van der Waals surface area (Å²) in [4.78, 5) is 25.1. The smallest absolute Gasteiger partial charge is 0.255 e. The molecule has 0 bridgehead atoms. The second-order valence-corrected chi connectivity index (χ2v) is 5.73. The summed E-state index contributed by atoms with van der Waals surface area (Å²) in [5.74, 6) is 0.666. The number of nitrogens with one attached hydrogen (secondary N) is 1. The van der Waals surface area contributed by atoms with E-state index >= 15 is 0 Å². The summed E-state index contributed by atoms with van der Waals surface area (Å²) in [6.07, 6.45) is 1.64. The molecule has 0 unspecified atom stereocenters. The first kappa shape index (κ1) is 15.4. The lowest BCUT2D eigenvalue weighted by Gasteiger charge is -2.10. The van der Waals surface area contributed by atoms with Gasteiger partial charge in [0.05, 0.1) is 5.69 Å². The summed E-state index contributed by atoms with van der Waals surface area (Å²) >= 11 is 1.67. The van der Waals surface area contributed by atoms with Crippen molar-refractivity contribution in [3.63, 3.8) is 0 Å². The van der Waals surface area contributed by atoms with Crippen LogP contribution in [0, 0.1) is 0 Å². The van der Waals surface area contributed by atoms with E-state index < -0.39 is 0 Å². The van der Waals surface area contributed by atoms with Crippen LogP contribution in [0.15, 0.2) is 52.3 Å². The Labute approximate surface area is 128 Å². The van der Waals surface area contributed by atoms with Crippen molar-refractivity contribution in [3.8, 4) is 0 Å². The molecule has 1 aromatic heterocycles. The van der Waals surface area contributed by atoms with E-state index in [0.717, 1.165) is 16.3 Å². The number of carbonyl (C=O) groups excluding carboxylic acids is 1. The zero-order valence-corrected chi connectivity index (χ0v) is 12.9. The normalized spacial score (nSPS) is 10.4. The van der Waals surface area contributed by atoms with Crippen molar-refractivity contribution in [1.82, 2.24) is 4.57 Å². The highest BCUT2D eigenvalue weighted by molar-refractivity contribution is 7.99. The number of hydrogen-bond donors (Lipinski definition) is 1. The van der Waals surface area contributed by atoms with E-state index in [1.54, 1.807) is 28.6 Å². The molecule has 5 heteroatoms. The van der Waals surface area contributed by atoms with E-state index in [-0.39, 0.29) is 11.5 Å². The Morgan fingerprint density at radius 2 is 2.00 bits per heavy atom. The first-order valence-corrected chi connectivity index (χ1v) is 7.88. The number of anilines is 1. The standard InChI is InChI=1S/C16H18N2O2S/c1-3-18-10-9-12(11-15(18)19)16(20)17-13-7-5-6-8-14(13)21-4-2/h5-11H,3-4H2,1-2H3,(H,17,20). The minimum absolute atomic E-state index is 0.165. The average Bonchev–Trinajstić information content (AvgIpc) is 2.49. The Morgan fingerprint density at radius 3 is 2.67 bits per heavy atom. The fourth-order valence-corrected chi connectivity index (χ4v) is 2.72. The maximum atomic E-state index is 12.3.